The van der Waals surface area contributed by atoms with Gasteiger partial charge in [-0.1, -0.05) is 6.07 Å². The molecule has 0 unspecified atom stereocenters. The van der Waals surface area contributed by atoms with E-state index in [1.54, 1.807) is 17.7 Å². The molecule has 3 aromatic rings. The van der Waals surface area contributed by atoms with Crippen molar-refractivity contribution in [2.75, 3.05) is 6.54 Å². The number of halogens is 3. The monoisotopic (exact) mass is 472 g/mol. The van der Waals surface area contributed by atoms with E-state index in [-0.39, 0.29) is 41.6 Å². The Balaban J connectivity index is 1.39. The average Bonchev–Trinajstić information content (AvgIpc) is 3.28. The number of alkyl halides is 2. The van der Waals surface area contributed by atoms with Crippen LogP contribution in [0.15, 0.2) is 36.4 Å². The molecule has 0 radical (unpaired) electrons. The minimum Gasteiger partial charge on any atom is -0.395 e. The highest BCUT2D eigenvalue weighted by Gasteiger charge is 2.43. The van der Waals surface area contributed by atoms with Crippen molar-refractivity contribution in [3.8, 4) is 22.8 Å². The first-order valence-corrected chi connectivity index (χ1v) is 10.4. The Bertz CT molecular complexity index is 1320. The molecule has 0 bridgehead atoms. The number of primary amides is 1. The predicted octanol–water partition coefficient (Wildman–Crippen LogP) is 3.00. The minimum atomic E-state index is -3.74. The first-order chi connectivity index (χ1) is 16.1. The van der Waals surface area contributed by atoms with E-state index in [0.717, 1.165) is 0 Å². The number of ether oxygens (including phenoxy) is 2. The number of aryl methyl sites for hydroxylation is 1. The number of fused-ring (bicyclic) bond motifs is 2. The van der Waals surface area contributed by atoms with Crippen LogP contribution in [0.25, 0.3) is 11.3 Å². The van der Waals surface area contributed by atoms with Gasteiger partial charge in [0.2, 0.25) is 5.91 Å². The number of amides is 2. The van der Waals surface area contributed by atoms with E-state index in [9.17, 15) is 22.8 Å². The van der Waals surface area contributed by atoms with Crippen molar-refractivity contribution in [2.24, 2.45) is 5.73 Å². The van der Waals surface area contributed by atoms with Gasteiger partial charge in [0.25, 0.3) is 5.91 Å². The molecule has 0 saturated heterocycles. The molecular formula is C23H19F3N4O4. The molecule has 2 N–H and O–H groups in total. The first kappa shape index (κ1) is 21.8. The fourth-order valence-electron chi connectivity index (χ4n) is 4.25. The number of nitrogens with two attached hydrogens (primary N) is 1. The molecule has 0 atom stereocenters. The van der Waals surface area contributed by atoms with Gasteiger partial charge in [-0.05, 0) is 48.4 Å². The van der Waals surface area contributed by atoms with Crippen molar-refractivity contribution < 1.29 is 32.2 Å². The number of nitrogens with zero attached hydrogens (tertiary/aromatic N) is 3. The summed E-state index contributed by atoms with van der Waals surface area (Å²) in [6.07, 6.45) is -3.81. The highest BCUT2D eigenvalue weighted by atomic mass is 19.3. The van der Waals surface area contributed by atoms with Gasteiger partial charge in [0.1, 0.15) is 11.5 Å². The summed E-state index contributed by atoms with van der Waals surface area (Å²) in [5.41, 5.74) is 8.03. The van der Waals surface area contributed by atoms with E-state index in [4.69, 9.17) is 5.73 Å². The lowest BCUT2D eigenvalue weighted by Crippen LogP contribution is -2.40. The molecular weight excluding hydrogens is 453 g/mol. The second-order valence-electron chi connectivity index (χ2n) is 8.22. The number of hydrogen-bond acceptors (Lipinski definition) is 5. The molecule has 0 spiro atoms. The molecule has 176 valence electrons. The van der Waals surface area contributed by atoms with Gasteiger partial charge in [-0.2, -0.15) is 5.10 Å². The van der Waals surface area contributed by atoms with E-state index in [0.29, 0.717) is 35.5 Å². The summed E-state index contributed by atoms with van der Waals surface area (Å²) >= 11 is 0. The highest BCUT2D eigenvalue weighted by Crippen LogP contribution is 2.41. The topological polar surface area (TPSA) is 99.7 Å². The molecule has 0 aliphatic carbocycles. The maximum absolute atomic E-state index is 14.0. The summed E-state index contributed by atoms with van der Waals surface area (Å²) in [6.45, 7) is 2.42. The summed E-state index contributed by atoms with van der Waals surface area (Å²) in [4.78, 5) is 26.8. The molecule has 8 nitrogen and oxygen atoms in total. The number of rotatable bonds is 4. The Labute approximate surface area is 191 Å². The van der Waals surface area contributed by atoms with Gasteiger partial charge >= 0.3 is 6.29 Å². The smallest absolute Gasteiger partial charge is 0.395 e. The number of carbonyl (C=O) groups is 2. The standard InChI is InChI=1S/C23H19F3N4O4/c1-12-6-14(10-15(24)7-12)21-20(22(27)32)16-11-29(4-5-30(16)28-21)19(31)9-13-2-3-17-18(8-13)34-23(25,26)33-17/h2-3,6-8,10H,4-5,9,11H2,1H3,(H2,27,32). The molecule has 0 fully saturated rings. The Morgan fingerprint density at radius 2 is 1.88 bits per heavy atom. The molecule has 2 aliphatic rings. The van der Waals surface area contributed by atoms with Crippen LogP contribution < -0.4 is 15.2 Å². The fraction of sp³-hybridized carbons (Fsp3) is 0.261. The van der Waals surface area contributed by atoms with Crippen LogP contribution in [-0.4, -0.2) is 39.3 Å². The van der Waals surface area contributed by atoms with Crippen LogP contribution in [0.1, 0.15) is 27.2 Å². The number of hydrogen-bond donors (Lipinski definition) is 1. The third kappa shape index (κ3) is 3.93. The van der Waals surface area contributed by atoms with Crippen LogP contribution in [0.3, 0.4) is 0 Å². The summed E-state index contributed by atoms with van der Waals surface area (Å²) in [5.74, 6) is -1.72. The molecule has 34 heavy (non-hydrogen) atoms. The lowest BCUT2D eigenvalue weighted by Gasteiger charge is -2.28. The summed E-state index contributed by atoms with van der Waals surface area (Å²) < 4.78 is 50.9. The summed E-state index contributed by atoms with van der Waals surface area (Å²) in [5, 5.41) is 4.46. The predicted molar refractivity (Wildman–Crippen MR) is 113 cm³/mol. The lowest BCUT2D eigenvalue weighted by molar-refractivity contribution is -0.286. The molecule has 2 amide bonds. The second kappa shape index (κ2) is 7.79. The molecule has 1 aromatic heterocycles. The van der Waals surface area contributed by atoms with Crippen LogP contribution in [0, 0.1) is 12.7 Å². The van der Waals surface area contributed by atoms with Crippen molar-refractivity contribution in [1.82, 2.24) is 14.7 Å². The van der Waals surface area contributed by atoms with Crippen molar-refractivity contribution in [3.05, 3.63) is 64.6 Å². The Morgan fingerprint density at radius 3 is 2.62 bits per heavy atom. The third-order valence-electron chi connectivity index (χ3n) is 5.72. The fourth-order valence-corrected chi connectivity index (χ4v) is 4.25. The number of carbonyl (C=O) groups excluding carboxylic acids is 2. The summed E-state index contributed by atoms with van der Waals surface area (Å²) in [7, 11) is 0. The largest absolute Gasteiger partial charge is 0.586 e. The van der Waals surface area contributed by atoms with Crippen molar-refractivity contribution >= 4 is 11.8 Å². The van der Waals surface area contributed by atoms with Gasteiger partial charge in [-0.25, -0.2) is 4.39 Å². The zero-order valence-corrected chi connectivity index (χ0v) is 18.0. The number of aromatic nitrogens is 2. The van der Waals surface area contributed by atoms with E-state index >= 15 is 0 Å². The van der Waals surface area contributed by atoms with E-state index in [2.05, 4.69) is 14.6 Å². The molecule has 3 heterocycles. The van der Waals surface area contributed by atoms with Crippen LogP contribution in [0.2, 0.25) is 0 Å². The van der Waals surface area contributed by atoms with Gasteiger partial charge in [0.15, 0.2) is 11.5 Å². The maximum Gasteiger partial charge on any atom is 0.586 e. The first-order valence-electron chi connectivity index (χ1n) is 10.4. The van der Waals surface area contributed by atoms with Gasteiger partial charge in [0.05, 0.1) is 30.8 Å². The molecule has 5 rings (SSSR count). The normalized spacial score (nSPS) is 15.8. The van der Waals surface area contributed by atoms with Gasteiger partial charge in [-0.3, -0.25) is 14.3 Å². The van der Waals surface area contributed by atoms with Crippen LogP contribution >= 0.6 is 0 Å². The summed E-state index contributed by atoms with van der Waals surface area (Å²) in [6, 6.07) is 8.51. The molecule has 2 aliphatic heterocycles. The van der Waals surface area contributed by atoms with Crippen LogP contribution in [0.4, 0.5) is 13.2 Å². The SMILES string of the molecule is Cc1cc(F)cc(-c2nn3c(c2C(N)=O)CN(C(=O)Cc2ccc4c(c2)OC(F)(F)O4)CC3)c1. The minimum absolute atomic E-state index is 0.0705. The van der Waals surface area contributed by atoms with Crippen molar-refractivity contribution in [2.45, 2.75) is 32.7 Å². The lowest BCUT2D eigenvalue weighted by atomic mass is 10.0. The van der Waals surface area contributed by atoms with E-state index in [1.807, 2.05) is 0 Å². The van der Waals surface area contributed by atoms with E-state index < -0.39 is 18.0 Å². The van der Waals surface area contributed by atoms with E-state index in [1.165, 1.54) is 35.2 Å². The zero-order chi connectivity index (χ0) is 24.2. The van der Waals surface area contributed by atoms with Gasteiger partial charge < -0.3 is 20.1 Å². The highest BCUT2D eigenvalue weighted by molar-refractivity contribution is 6.00. The third-order valence-corrected chi connectivity index (χ3v) is 5.72. The van der Waals surface area contributed by atoms with Crippen molar-refractivity contribution in [3.63, 3.8) is 0 Å². The van der Waals surface area contributed by atoms with Gasteiger partial charge in [-0.15, -0.1) is 8.78 Å². The maximum atomic E-state index is 14.0. The quantitative estimate of drug-likeness (QED) is 0.630. The van der Waals surface area contributed by atoms with Gasteiger partial charge in [0, 0.05) is 12.1 Å². The molecule has 2 aromatic carbocycles. The number of benzene rings is 2. The molecule has 11 heteroatoms. The van der Waals surface area contributed by atoms with Crippen molar-refractivity contribution in [1.29, 1.82) is 0 Å². The Hall–Kier alpha value is -4.02. The average molecular weight is 472 g/mol. The Morgan fingerprint density at radius 1 is 1.12 bits per heavy atom. The molecule has 0 saturated carbocycles. The van der Waals surface area contributed by atoms with Crippen LogP contribution in [0.5, 0.6) is 11.5 Å². The van der Waals surface area contributed by atoms with Crippen LogP contribution in [-0.2, 0) is 24.3 Å². The Kier molecular flexibility index (Phi) is 4.99. The second-order valence-corrected chi connectivity index (χ2v) is 8.22. The zero-order valence-electron chi connectivity index (χ0n) is 18.0.